The maximum absolute atomic E-state index is 13.7. The van der Waals surface area contributed by atoms with Crippen molar-refractivity contribution in [3.05, 3.63) is 44.9 Å². The number of nitrogens with one attached hydrogen (secondary N) is 1. The molecule has 0 atom stereocenters. The molecule has 1 N–H and O–H groups in total. The molecule has 0 aliphatic rings. The van der Waals surface area contributed by atoms with Gasteiger partial charge in [0, 0.05) is 11.0 Å². The summed E-state index contributed by atoms with van der Waals surface area (Å²) in [6, 6.07) is 4.09. The molecule has 21 heavy (non-hydrogen) atoms. The molecule has 0 saturated carbocycles. The molecule has 2 rings (SSSR count). The normalized spacial score (nSPS) is 10.2. The molecule has 0 aliphatic heterocycles. The largest absolute Gasteiger partial charge is 0.430 e. The zero-order chi connectivity index (χ0) is 15.4. The number of nitrogens with zero attached hydrogens (tertiary/aromatic N) is 3. The molecule has 7 nitrogen and oxygen atoms in total. The Hall–Kier alpha value is -2.29. The van der Waals surface area contributed by atoms with E-state index in [1.165, 1.54) is 12.1 Å². The smallest absolute Gasteiger partial charge is 0.373 e. The lowest BCUT2D eigenvalue weighted by Crippen LogP contribution is -2.06. The average molecular weight is 357 g/mol. The maximum Gasteiger partial charge on any atom is 0.373 e. The number of benzene rings is 1. The van der Waals surface area contributed by atoms with Crippen molar-refractivity contribution in [1.29, 1.82) is 0 Å². The van der Waals surface area contributed by atoms with Gasteiger partial charge in [0.2, 0.25) is 5.82 Å². The highest BCUT2D eigenvalue weighted by atomic mass is 79.9. The van der Waals surface area contributed by atoms with E-state index >= 15 is 0 Å². The van der Waals surface area contributed by atoms with Gasteiger partial charge < -0.3 is 10.1 Å². The summed E-state index contributed by atoms with van der Waals surface area (Å²) in [6.07, 6.45) is 1.11. The summed E-state index contributed by atoms with van der Waals surface area (Å²) in [6.45, 7) is 2.20. The molecular formula is C12H10BrFN4O3. The highest BCUT2D eigenvalue weighted by Crippen LogP contribution is 2.35. The van der Waals surface area contributed by atoms with E-state index in [0.717, 1.165) is 6.33 Å². The van der Waals surface area contributed by atoms with Crippen LogP contribution >= 0.6 is 15.9 Å². The van der Waals surface area contributed by atoms with Crippen LogP contribution in [-0.4, -0.2) is 21.4 Å². The maximum atomic E-state index is 13.7. The first kappa shape index (κ1) is 15.1. The quantitative estimate of drug-likeness (QED) is 0.651. The molecule has 1 heterocycles. The summed E-state index contributed by atoms with van der Waals surface area (Å²) in [4.78, 5) is 18.0. The summed E-state index contributed by atoms with van der Waals surface area (Å²) >= 11 is 3.11. The van der Waals surface area contributed by atoms with Crippen molar-refractivity contribution >= 4 is 27.4 Å². The Balaban J connectivity index is 2.43. The summed E-state index contributed by atoms with van der Waals surface area (Å²) < 4.78 is 19.5. The molecule has 0 saturated heterocycles. The molecule has 0 spiro atoms. The Morgan fingerprint density at radius 1 is 1.48 bits per heavy atom. The number of aromatic nitrogens is 2. The summed E-state index contributed by atoms with van der Waals surface area (Å²) in [5.74, 6) is -1.14. The lowest BCUT2D eigenvalue weighted by Gasteiger charge is -2.08. The van der Waals surface area contributed by atoms with Gasteiger partial charge in [0.25, 0.3) is 0 Å². The van der Waals surface area contributed by atoms with Crippen LogP contribution in [0.15, 0.2) is 29.0 Å². The van der Waals surface area contributed by atoms with Gasteiger partial charge in [0.1, 0.15) is 6.33 Å². The van der Waals surface area contributed by atoms with Gasteiger partial charge in [-0.25, -0.2) is 9.37 Å². The number of ether oxygens (including phenoxy) is 1. The number of hydrogen-bond donors (Lipinski definition) is 1. The Kier molecular flexibility index (Phi) is 4.63. The first-order valence-electron chi connectivity index (χ1n) is 5.89. The SMILES string of the molecule is CCNc1ncnc(Oc2ccc(Br)cc2F)c1[N+](=O)[O-]. The van der Waals surface area contributed by atoms with E-state index < -0.39 is 16.4 Å². The van der Waals surface area contributed by atoms with E-state index in [1.54, 1.807) is 13.0 Å². The number of nitro groups is 1. The van der Waals surface area contributed by atoms with E-state index in [9.17, 15) is 14.5 Å². The van der Waals surface area contributed by atoms with Gasteiger partial charge in [-0.05, 0) is 25.1 Å². The standard InChI is InChI=1S/C12H10BrFN4O3/c1-2-15-11-10(18(19)20)12(17-6-16-11)21-9-4-3-7(13)5-8(9)14/h3-6H,2H2,1H3,(H,15,16,17). The molecular weight excluding hydrogens is 347 g/mol. The second-order valence-corrected chi connectivity index (χ2v) is 4.76. The monoisotopic (exact) mass is 356 g/mol. The fourth-order valence-electron chi connectivity index (χ4n) is 1.56. The van der Waals surface area contributed by atoms with Gasteiger partial charge in [0.15, 0.2) is 11.6 Å². The summed E-state index contributed by atoms with van der Waals surface area (Å²) in [5.41, 5.74) is -0.443. The molecule has 110 valence electrons. The number of hydrogen-bond acceptors (Lipinski definition) is 6. The molecule has 2 aromatic rings. The Bertz CT molecular complexity index is 684. The molecule has 1 aromatic heterocycles. The lowest BCUT2D eigenvalue weighted by molar-refractivity contribution is -0.385. The predicted octanol–water partition coefficient (Wildman–Crippen LogP) is 3.51. The van der Waals surface area contributed by atoms with Crippen molar-refractivity contribution in [3.63, 3.8) is 0 Å². The fraction of sp³-hybridized carbons (Fsp3) is 0.167. The lowest BCUT2D eigenvalue weighted by atomic mass is 10.3. The number of anilines is 1. The van der Waals surface area contributed by atoms with Crippen LogP contribution < -0.4 is 10.1 Å². The van der Waals surface area contributed by atoms with Crippen LogP contribution in [0.4, 0.5) is 15.9 Å². The second-order valence-electron chi connectivity index (χ2n) is 3.84. The molecule has 0 fully saturated rings. The Morgan fingerprint density at radius 2 is 2.24 bits per heavy atom. The third-order valence-corrected chi connectivity index (χ3v) is 2.91. The molecule has 9 heteroatoms. The van der Waals surface area contributed by atoms with Gasteiger partial charge in [0.05, 0.1) is 4.92 Å². The van der Waals surface area contributed by atoms with Crippen LogP contribution in [-0.2, 0) is 0 Å². The van der Waals surface area contributed by atoms with Gasteiger partial charge in [-0.1, -0.05) is 15.9 Å². The molecule has 0 radical (unpaired) electrons. The van der Waals surface area contributed by atoms with Gasteiger partial charge in [-0.2, -0.15) is 4.98 Å². The Morgan fingerprint density at radius 3 is 2.86 bits per heavy atom. The minimum absolute atomic E-state index is 0.0185. The Labute approximate surface area is 127 Å². The average Bonchev–Trinajstić information content (AvgIpc) is 2.42. The summed E-state index contributed by atoms with van der Waals surface area (Å²) in [5, 5.41) is 13.9. The minimum atomic E-state index is -0.676. The van der Waals surface area contributed by atoms with Crippen molar-refractivity contribution in [3.8, 4) is 11.6 Å². The van der Waals surface area contributed by atoms with Crippen molar-refractivity contribution in [1.82, 2.24) is 9.97 Å². The van der Waals surface area contributed by atoms with Crippen LogP contribution in [0.25, 0.3) is 0 Å². The first-order valence-corrected chi connectivity index (χ1v) is 6.68. The third-order valence-electron chi connectivity index (χ3n) is 2.42. The third kappa shape index (κ3) is 3.43. The van der Waals surface area contributed by atoms with Crippen molar-refractivity contribution in [2.45, 2.75) is 6.92 Å². The molecule has 0 aliphatic carbocycles. The van der Waals surface area contributed by atoms with E-state index in [-0.39, 0.29) is 17.4 Å². The second kappa shape index (κ2) is 6.44. The molecule has 1 aromatic carbocycles. The predicted molar refractivity (Wildman–Crippen MR) is 77.0 cm³/mol. The topological polar surface area (TPSA) is 90.2 Å². The van der Waals surface area contributed by atoms with Crippen LogP contribution in [0.3, 0.4) is 0 Å². The van der Waals surface area contributed by atoms with Crippen LogP contribution in [0.2, 0.25) is 0 Å². The van der Waals surface area contributed by atoms with Crippen LogP contribution in [0.1, 0.15) is 6.92 Å². The van der Waals surface area contributed by atoms with Crippen molar-refractivity contribution in [2.75, 3.05) is 11.9 Å². The van der Waals surface area contributed by atoms with Gasteiger partial charge >= 0.3 is 11.6 Å². The molecule has 0 amide bonds. The van der Waals surface area contributed by atoms with Crippen molar-refractivity contribution in [2.24, 2.45) is 0 Å². The molecule has 0 unspecified atom stereocenters. The molecule has 0 bridgehead atoms. The zero-order valence-corrected chi connectivity index (χ0v) is 12.4. The van der Waals surface area contributed by atoms with Crippen LogP contribution in [0, 0.1) is 15.9 Å². The van der Waals surface area contributed by atoms with Gasteiger partial charge in [-0.3, -0.25) is 10.1 Å². The van der Waals surface area contributed by atoms with Crippen LogP contribution in [0.5, 0.6) is 11.6 Å². The highest BCUT2D eigenvalue weighted by molar-refractivity contribution is 9.10. The van der Waals surface area contributed by atoms with Crippen molar-refractivity contribution < 1.29 is 14.1 Å². The first-order chi connectivity index (χ1) is 10.0. The van der Waals surface area contributed by atoms with E-state index in [4.69, 9.17) is 4.74 Å². The summed E-state index contributed by atoms with van der Waals surface area (Å²) in [7, 11) is 0. The zero-order valence-electron chi connectivity index (χ0n) is 10.8. The van der Waals surface area contributed by atoms with Gasteiger partial charge in [-0.15, -0.1) is 0 Å². The van der Waals surface area contributed by atoms with E-state index in [0.29, 0.717) is 11.0 Å². The number of rotatable bonds is 5. The highest BCUT2D eigenvalue weighted by Gasteiger charge is 2.25. The number of halogens is 2. The van der Waals surface area contributed by atoms with E-state index in [1.807, 2.05) is 0 Å². The minimum Gasteiger partial charge on any atom is -0.430 e. The van der Waals surface area contributed by atoms with E-state index in [2.05, 4.69) is 31.2 Å². The fourth-order valence-corrected chi connectivity index (χ4v) is 1.89.